The monoisotopic (exact) mass is 217 g/mol. The molecule has 0 saturated heterocycles. The third kappa shape index (κ3) is 1.67. The molecule has 0 heterocycles. The van der Waals surface area contributed by atoms with Crippen molar-refractivity contribution in [2.45, 2.75) is 58.3 Å². The molecule has 0 aromatic rings. The van der Waals surface area contributed by atoms with Gasteiger partial charge in [-0.15, -0.1) is 0 Å². The summed E-state index contributed by atoms with van der Waals surface area (Å²) in [4.78, 5) is 0. The first-order valence-corrected chi connectivity index (χ1v) is 7.12. The van der Waals surface area contributed by atoms with Crippen LogP contribution in [0, 0.1) is 40.4 Å². The van der Waals surface area contributed by atoms with E-state index in [-0.39, 0.29) is 5.41 Å². The second kappa shape index (κ2) is 3.76. The first-order chi connectivity index (χ1) is 7.71. The van der Waals surface area contributed by atoms with Crippen molar-refractivity contribution in [2.24, 2.45) is 29.1 Å². The summed E-state index contributed by atoms with van der Waals surface area (Å²) in [7, 11) is 0. The molecule has 3 fully saturated rings. The summed E-state index contributed by atoms with van der Waals surface area (Å²) >= 11 is 0. The number of hydrogen-bond donors (Lipinski definition) is 0. The Balaban J connectivity index is 1.67. The van der Waals surface area contributed by atoms with Crippen molar-refractivity contribution < 1.29 is 0 Å². The fraction of sp³-hybridized carbons (Fsp3) is 0.933. The van der Waals surface area contributed by atoms with E-state index in [1.165, 1.54) is 51.4 Å². The highest BCUT2D eigenvalue weighted by molar-refractivity contribution is 5.06. The summed E-state index contributed by atoms with van der Waals surface area (Å²) < 4.78 is 0. The van der Waals surface area contributed by atoms with E-state index in [9.17, 15) is 5.26 Å². The summed E-state index contributed by atoms with van der Waals surface area (Å²) in [6.07, 6.45) is 10.8. The molecule has 16 heavy (non-hydrogen) atoms. The van der Waals surface area contributed by atoms with Gasteiger partial charge < -0.3 is 0 Å². The summed E-state index contributed by atoms with van der Waals surface area (Å²) in [6, 6.07) is 2.69. The Bertz CT molecular complexity index is 316. The predicted octanol–water partition coefficient (Wildman–Crippen LogP) is 4.14. The maximum absolute atomic E-state index is 9.51. The zero-order valence-corrected chi connectivity index (χ0v) is 10.4. The minimum atomic E-state index is 0.0779. The average Bonchev–Trinajstić information content (AvgIpc) is 2.94. The second-order valence-electron chi connectivity index (χ2n) is 6.88. The lowest BCUT2D eigenvalue weighted by atomic mass is 9.73. The molecule has 0 radical (unpaired) electrons. The van der Waals surface area contributed by atoms with Crippen LogP contribution in [0.2, 0.25) is 0 Å². The number of rotatable bonds is 2. The lowest BCUT2D eigenvalue weighted by Crippen LogP contribution is -2.22. The van der Waals surface area contributed by atoms with E-state index < -0.39 is 0 Å². The van der Waals surface area contributed by atoms with Gasteiger partial charge in [-0.25, -0.2) is 0 Å². The minimum Gasteiger partial charge on any atom is -0.198 e. The molecular formula is C15H23N. The van der Waals surface area contributed by atoms with Crippen molar-refractivity contribution in [2.75, 3.05) is 0 Å². The summed E-state index contributed by atoms with van der Waals surface area (Å²) in [5.41, 5.74) is 0.0779. The van der Waals surface area contributed by atoms with E-state index in [4.69, 9.17) is 0 Å². The highest BCUT2D eigenvalue weighted by Gasteiger charge is 2.46. The number of hydrogen-bond acceptors (Lipinski definition) is 1. The fourth-order valence-corrected chi connectivity index (χ4v) is 4.85. The zero-order valence-electron chi connectivity index (χ0n) is 10.4. The second-order valence-corrected chi connectivity index (χ2v) is 6.88. The quantitative estimate of drug-likeness (QED) is 0.682. The Morgan fingerprint density at radius 1 is 1.25 bits per heavy atom. The molecule has 3 saturated carbocycles. The lowest BCUT2D eigenvalue weighted by molar-refractivity contribution is 0.222. The van der Waals surface area contributed by atoms with Crippen LogP contribution in [0.4, 0.5) is 0 Å². The molecule has 0 aromatic carbocycles. The first-order valence-electron chi connectivity index (χ1n) is 7.12. The molecule has 0 N–H and O–H groups in total. The van der Waals surface area contributed by atoms with Crippen LogP contribution in [-0.2, 0) is 0 Å². The van der Waals surface area contributed by atoms with E-state index in [1.807, 2.05) is 0 Å². The largest absolute Gasteiger partial charge is 0.198 e. The standard InChI is InChI=1S/C15H23N/c1-11-4-5-15(8-11,10-16)9-14-7-12-2-3-13(14)6-12/h11-14H,2-9H2,1H3. The molecule has 3 aliphatic rings. The summed E-state index contributed by atoms with van der Waals surface area (Å²) in [5, 5.41) is 9.51. The van der Waals surface area contributed by atoms with Crippen LogP contribution in [0.25, 0.3) is 0 Å². The van der Waals surface area contributed by atoms with E-state index in [0.717, 1.165) is 23.7 Å². The van der Waals surface area contributed by atoms with Gasteiger partial charge in [0.05, 0.1) is 11.5 Å². The van der Waals surface area contributed by atoms with Crippen molar-refractivity contribution in [1.29, 1.82) is 5.26 Å². The minimum absolute atomic E-state index is 0.0779. The molecule has 0 amide bonds. The molecule has 1 nitrogen and oxygen atoms in total. The highest BCUT2D eigenvalue weighted by atomic mass is 14.5. The number of nitriles is 1. The van der Waals surface area contributed by atoms with Gasteiger partial charge in [-0.2, -0.15) is 5.26 Å². The van der Waals surface area contributed by atoms with Gasteiger partial charge in [0.2, 0.25) is 0 Å². The molecule has 88 valence electrons. The van der Waals surface area contributed by atoms with Crippen LogP contribution in [-0.4, -0.2) is 0 Å². The van der Waals surface area contributed by atoms with Crippen molar-refractivity contribution in [3.05, 3.63) is 0 Å². The Morgan fingerprint density at radius 2 is 2.12 bits per heavy atom. The normalized spacial score (nSPS) is 50.8. The number of nitrogens with zero attached hydrogens (tertiary/aromatic N) is 1. The Kier molecular flexibility index (Phi) is 2.50. The van der Waals surface area contributed by atoms with Crippen molar-refractivity contribution >= 4 is 0 Å². The molecule has 3 aliphatic carbocycles. The maximum Gasteiger partial charge on any atom is 0.0689 e. The third-order valence-corrected chi connectivity index (χ3v) is 5.63. The van der Waals surface area contributed by atoms with Crippen molar-refractivity contribution in [3.8, 4) is 6.07 Å². The van der Waals surface area contributed by atoms with E-state index in [0.29, 0.717) is 0 Å². The number of fused-ring (bicyclic) bond motifs is 2. The highest BCUT2D eigenvalue weighted by Crippen LogP contribution is 2.55. The first kappa shape index (κ1) is 10.6. The molecule has 1 heteroatoms. The van der Waals surface area contributed by atoms with Gasteiger partial charge in [0.25, 0.3) is 0 Å². The van der Waals surface area contributed by atoms with Gasteiger partial charge in [-0.3, -0.25) is 0 Å². The van der Waals surface area contributed by atoms with Crippen LogP contribution in [0.15, 0.2) is 0 Å². The Morgan fingerprint density at radius 3 is 2.62 bits per heavy atom. The van der Waals surface area contributed by atoms with Crippen LogP contribution in [0.1, 0.15) is 58.3 Å². The molecule has 5 atom stereocenters. The van der Waals surface area contributed by atoms with Crippen molar-refractivity contribution in [3.63, 3.8) is 0 Å². The van der Waals surface area contributed by atoms with Crippen LogP contribution < -0.4 is 0 Å². The average molecular weight is 217 g/mol. The summed E-state index contributed by atoms with van der Waals surface area (Å²) in [6.45, 7) is 2.32. The Labute approximate surface area is 99.2 Å². The molecule has 3 rings (SSSR count). The SMILES string of the molecule is CC1CCC(C#N)(CC2CC3CCC2C3)C1. The topological polar surface area (TPSA) is 23.8 Å². The van der Waals surface area contributed by atoms with Crippen molar-refractivity contribution in [1.82, 2.24) is 0 Å². The molecule has 5 unspecified atom stereocenters. The van der Waals surface area contributed by atoms with Crippen LogP contribution in [0.3, 0.4) is 0 Å². The fourth-order valence-electron chi connectivity index (χ4n) is 4.85. The summed E-state index contributed by atoms with van der Waals surface area (Å²) in [5.74, 6) is 3.72. The lowest BCUT2D eigenvalue weighted by Gasteiger charge is -2.29. The zero-order chi connectivity index (χ0) is 11.2. The van der Waals surface area contributed by atoms with Gasteiger partial charge in [0.15, 0.2) is 0 Å². The van der Waals surface area contributed by atoms with E-state index in [2.05, 4.69) is 13.0 Å². The molecular weight excluding hydrogens is 194 g/mol. The molecule has 0 aromatic heterocycles. The van der Waals surface area contributed by atoms with E-state index >= 15 is 0 Å². The van der Waals surface area contributed by atoms with Gasteiger partial charge >= 0.3 is 0 Å². The molecule has 0 spiro atoms. The smallest absolute Gasteiger partial charge is 0.0689 e. The van der Waals surface area contributed by atoms with Gasteiger partial charge in [-0.1, -0.05) is 13.3 Å². The maximum atomic E-state index is 9.51. The third-order valence-electron chi connectivity index (χ3n) is 5.63. The van der Waals surface area contributed by atoms with E-state index in [1.54, 1.807) is 0 Å². The Hall–Kier alpha value is -0.510. The van der Waals surface area contributed by atoms with Gasteiger partial charge in [-0.05, 0) is 68.6 Å². The predicted molar refractivity (Wildman–Crippen MR) is 64.6 cm³/mol. The van der Waals surface area contributed by atoms with Gasteiger partial charge in [0.1, 0.15) is 0 Å². The van der Waals surface area contributed by atoms with Crippen LogP contribution >= 0.6 is 0 Å². The van der Waals surface area contributed by atoms with Gasteiger partial charge in [0, 0.05) is 0 Å². The molecule has 0 aliphatic heterocycles. The molecule has 2 bridgehead atoms. The van der Waals surface area contributed by atoms with Crippen LogP contribution in [0.5, 0.6) is 0 Å².